The molecule has 0 aliphatic rings. The van der Waals surface area contributed by atoms with Gasteiger partial charge in [-0.25, -0.2) is 4.79 Å². The van der Waals surface area contributed by atoms with Crippen molar-refractivity contribution in [3.8, 4) is 0 Å². The third-order valence-corrected chi connectivity index (χ3v) is 3.04. The summed E-state index contributed by atoms with van der Waals surface area (Å²) in [5.74, 6) is 0. The van der Waals surface area contributed by atoms with Crippen molar-refractivity contribution in [1.82, 2.24) is 4.90 Å². The number of amides is 2. The summed E-state index contributed by atoms with van der Waals surface area (Å²) in [6.07, 6.45) is 1.64. The zero-order valence-electron chi connectivity index (χ0n) is 12.2. The van der Waals surface area contributed by atoms with Gasteiger partial charge in [0.25, 0.3) is 0 Å². The van der Waals surface area contributed by atoms with E-state index in [-0.39, 0.29) is 19.2 Å². The molecule has 0 fully saturated rings. The minimum Gasteiger partial charge on any atom is -0.395 e. The molecule has 0 aliphatic heterocycles. The Morgan fingerprint density at radius 3 is 2.75 bits per heavy atom. The van der Waals surface area contributed by atoms with E-state index in [0.717, 1.165) is 17.9 Å². The molecule has 1 aromatic carbocycles. The van der Waals surface area contributed by atoms with E-state index < -0.39 is 0 Å². The molecule has 0 radical (unpaired) electrons. The number of rotatable bonds is 7. The molecule has 2 N–H and O–H groups in total. The van der Waals surface area contributed by atoms with Gasteiger partial charge in [-0.05, 0) is 19.1 Å². The van der Waals surface area contributed by atoms with Crippen LogP contribution in [0.3, 0.4) is 0 Å². The first kappa shape index (κ1) is 16.0. The molecule has 0 spiro atoms. The molecule has 110 valence electrons. The number of aliphatic hydroxyl groups is 1. The summed E-state index contributed by atoms with van der Waals surface area (Å²) in [6.45, 7) is 7.13. The minimum atomic E-state index is -0.240. The van der Waals surface area contributed by atoms with Crippen LogP contribution in [0.25, 0.3) is 0 Å². The Morgan fingerprint density at radius 1 is 1.45 bits per heavy atom. The zero-order chi connectivity index (χ0) is 15.0. The molecule has 0 bridgehead atoms. The highest BCUT2D eigenvalue weighted by molar-refractivity contribution is 5.93. The highest BCUT2D eigenvalue weighted by Crippen LogP contribution is 2.24. The van der Waals surface area contributed by atoms with Crippen molar-refractivity contribution in [3.63, 3.8) is 0 Å². The number of carbonyl (C=O) groups excluding carboxylic acids is 1. The van der Waals surface area contributed by atoms with Gasteiger partial charge in [-0.1, -0.05) is 18.2 Å². The summed E-state index contributed by atoms with van der Waals surface area (Å²) in [6, 6.07) is 7.41. The quantitative estimate of drug-likeness (QED) is 0.751. The lowest BCUT2D eigenvalue weighted by atomic mass is 10.2. The van der Waals surface area contributed by atoms with Crippen LogP contribution in [0.15, 0.2) is 36.9 Å². The summed E-state index contributed by atoms with van der Waals surface area (Å²) < 4.78 is 0. The number of anilines is 2. The maximum atomic E-state index is 12.2. The summed E-state index contributed by atoms with van der Waals surface area (Å²) in [4.78, 5) is 15.8. The van der Waals surface area contributed by atoms with Gasteiger partial charge >= 0.3 is 6.03 Å². The molecule has 2 amide bonds. The van der Waals surface area contributed by atoms with E-state index in [2.05, 4.69) is 16.8 Å². The molecule has 0 saturated carbocycles. The molecule has 5 nitrogen and oxygen atoms in total. The molecule has 0 aromatic heterocycles. The van der Waals surface area contributed by atoms with Gasteiger partial charge in [-0.15, -0.1) is 6.58 Å². The highest BCUT2D eigenvalue weighted by Gasteiger charge is 2.14. The van der Waals surface area contributed by atoms with E-state index in [0.29, 0.717) is 6.54 Å². The number of hydrogen-bond donors (Lipinski definition) is 2. The predicted molar refractivity (Wildman–Crippen MR) is 83.3 cm³/mol. The fourth-order valence-electron chi connectivity index (χ4n) is 1.83. The van der Waals surface area contributed by atoms with Crippen LogP contribution >= 0.6 is 0 Å². The number of hydrogen-bond acceptors (Lipinski definition) is 3. The Morgan fingerprint density at radius 2 is 2.15 bits per heavy atom. The Balaban J connectivity index is 2.86. The van der Waals surface area contributed by atoms with Crippen molar-refractivity contribution < 1.29 is 9.90 Å². The lowest BCUT2D eigenvalue weighted by Crippen LogP contribution is -2.37. The predicted octanol–water partition coefficient (Wildman–Crippen LogP) is 2.15. The summed E-state index contributed by atoms with van der Waals surface area (Å²) in [5.41, 5.74) is 1.72. The first-order valence-corrected chi connectivity index (χ1v) is 6.71. The number of nitrogens with one attached hydrogen (secondary N) is 1. The van der Waals surface area contributed by atoms with E-state index in [1.54, 1.807) is 6.08 Å². The second kappa shape index (κ2) is 8.22. The Kier molecular flexibility index (Phi) is 6.59. The fourth-order valence-corrected chi connectivity index (χ4v) is 1.83. The average molecular weight is 277 g/mol. The Bertz CT molecular complexity index is 448. The molecule has 0 aliphatic carbocycles. The maximum absolute atomic E-state index is 12.2. The molecule has 1 aromatic rings. The van der Waals surface area contributed by atoms with Crippen LogP contribution in [-0.2, 0) is 0 Å². The third kappa shape index (κ3) is 4.28. The standard InChI is InChI=1S/C15H23N3O2/c1-4-10-18(11-12-19)15(20)16-13-8-6-7-9-14(13)17(3)5-2/h4,6-9,19H,1,5,10-12H2,2-3H3,(H,16,20). The van der Waals surface area contributed by atoms with Crippen molar-refractivity contribution in [2.75, 3.05) is 43.5 Å². The van der Waals surface area contributed by atoms with Gasteiger partial charge in [0.05, 0.1) is 18.0 Å². The molecule has 20 heavy (non-hydrogen) atoms. The largest absolute Gasteiger partial charge is 0.395 e. The number of para-hydroxylation sites is 2. The third-order valence-electron chi connectivity index (χ3n) is 3.04. The number of benzene rings is 1. The van der Waals surface area contributed by atoms with Crippen LogP contribution in [0.4, 0.5) is 16.2 Å². The second-order valence-corrected chi connectivity index (χ2v) is 4.42. The van der Waals surface area contributed by atoms with Crippen molar-refractivity contribution in [2.24, 2.45) is 0 Å². The summed E-state index contributed by atoms with van der Waals surface area (Å²) in [5, 5.41) is 11.9. The van der Waals surface area contributed by atoms with Crippen LogP contribution in [0.1, 0.15) is 6.92 Å². The molecule has 0 heterocycles. The van der Waals surface area contributed by atoms with E-state index in [1.165, 1.54) is 4.90 Å². The molecular weight excluding hydrogens is 254 g/mol. The van der Waals surface area contributed by atoms with Gasteiger partial charge in [0.15, 0.2) is 0 Å². The normalized spacial score (nSPS) is 9.95. The van der Waals surface area contributed by atoms with Gasteiger partial charge in [0, 0.05) is 26.7 Å². The first-order valence-electron chi connectivity index (χ1n) is 6.71. The molecule has 0 unspecified atom stereocenters. The number of aliphatic hydroxyl groups excluding tert-OH is 1. The molecule has 5 heteroatoms. The Labute approximate surface area is 120 Å². The average Bonchev–Trinajstić information content (AvgIpc) is 2.46. The van der Waals surface area contributed by atoms with Crippen LogP contribution < -0.4 is 10.2 Å². The minimum absolute atomic E-state index is 0.0717. The van der Waals surface area contributed by atoms with Gasteiger partial charge in [0.1, 0.15) is 0 Å². The lowest BCUT2D eigenvalue weighted by molar-refractivity contribution is 0.195. The zero-order valence-corrected chi connectivity index (χ0v) is 12.2. The van der Waals surface area contributed by atoms with E-state index in [4.69, 9.17) is 5.11 Å². The van der Waals surface area contributed by atoms with Crippen molar-refractivity contribution in [1.29, 1.82) is 0 Å². The van der Waals surface area contributed by atoms with E-state index in [1.807, 2.05) is 38.2 Å². The lowest BCUT2D eigenvalue weighted by Gasteiger charge is -2.24. The SMILES string of the molecule is C=CCN(CCO)C(=O)Nc1ccccc1N(C)CC. The topological polar surface area (TPSA) is 55.8 Å². The summed E-state index contributed by atoms with van der Waals surface area (Å²) in [7, 11) is 1.97. The summed E-state index contributed by atoms with van der Waals surface area (Å²) >= 11 is 0. The van der Waals surface area contributed by atoms with Gasteiger partial charge in [-0.2, -0.15) is 0 Å². The van der Waals surface area contributed by atoms with Crippen LogP contribution in [0, 0.1) is 0 Å². The number of nitrogens with zero attached hydrogens (tertiary/aromatic N) is 2. The van der Waals surface area contributed by atoms with E-state index >= 15 is 0 Å². The van der Waals surface area contributed by atoms with Gasteiger partial charge < -0.3 is 20.2 Å². The number of urea groups is 1. The van der Waals surface area contributed by atoms with Crippen molar-refractivity contribution >= 4 is 17.4 Å². The van der Waals surface area contributed by atoms with Crippen LogP contribution in [0.5, 0.6) is 0 Å². The van der Waals surface area contributed by atoms with Crippen LogP contribution in [-0.4, -0.2) is 49.3 Å². The van der Waals surface area contributed by atoms with Gasteiger partial charge in [0.2, 0.25) is 0 Å². The second-order valence-electron chi connectivity index (χ2n) is 4.42. The smallest absolute Gasteiger partial charge is 0.322 e. The monoisotopic (exact) mass is 277 g/mol. The Hall–Kier alpha value is -2.01. The fraction of sp³-hybridized carbons (Fsp3) is 0.400. The maximum Gasteiger partial charge on any atom is 0.322 e. The van der Waals surface area contributed by atoms with E-state index in [9.17, 15) is 4.79 Å². The van der Waals surface area contributed by atoms with Gasteiger partial charge in [-0.3, -0.25) is 0 Å². The van der Waals surface area contributed by atoms with Crippen molar-refractivity contribution in [3.05, 3.63) is 36.9 Å². The van der Waals surface area contributed by atoms with Crippen LogP contribution in [0.2, 0.25) is 0 Å². The highest BCUT2D eigenvalue weighted by atomic mass is 16.3. The molecule has 0 atom stereocenters. The first-order chi connectivity index (χ1) is 9.63. The number of carbonyl (C=O) groups is 1. The molecular formula is C15H23N3O2. The molecule has 0 saturated heterocycles. The molecule has 1 rings (SSSR count). The van der Waals surface area contributed by atoms with Crippen molar-refractivity contribution in [2.45, 2.75) is 6.92 Å².